The molecule has 1 atom stereocenters. The third kappa shape index (κ3) is 3.71. The van der Waals surface area contributed by atoms with Gasteiger partial charge in [-0.25, -0.2) is 4.98 Å². The normalized spacial score (nSPS) is 16.6. The van der Waals surface area contributed by atoms with Gasteiger partial charge < -0.3 is 10.4 Å². The maximum atomic E-state index is 11.5. The Bertz CT molecular complexity index is 405. The standard InChI is InChI=1S/C12H16N2O2S/c1-8(15)10-3-2-6-13-12(10)17-7-11(16)14-9-4-5-9/h2-3,6,8-9,15H,4-5,7H2,1H3,(H,14,16)/t8-/m1/s1. The highest BCUT2D eigenvalue weighted by Gasteiger charge is 2.23. The molecule has 0 saturated heterocycles. The fraction of sp³-hybridized carbons (Fsp3) is 0.500. The molecule has 1 fully saturated rings. The van der Waals surface area contributed by atoms with Gasteiger partial charge in [0.2, 0.25) is 5.91 Å². The van der Waals surface area contributed by atoms with Crippen LogP contribution < -0.4 is 5.32 Å². The fourth-order valence-corrected chi connectivity index (χ4v) is 2.36. The van der Waals surface area contributed by atoms with Crippen LogP contribution in [-0.2, 0) is 4.79 Å². The number of thioether (sulfide) groups is 1. The molecule has 0 bridgehead atoms. The highest BCUT2D eigenvalue weighted by Crippen LogP contribution is 2.25. The molecule has 0 spiro atoms. The molecule has 1 aromatic heterocycles. The number of hydrogen-bond donors (Lipinski definition) is 2. The van der Waals surface area contributed by atoms with Gasteiger partial charge in [-0.05, 0) is 25.8 Å². The lowest BCUT2D eigenvalue weighted by Gasteiger charge is -2.09. The molecule has 5 heteroatoms. The van der Waals surface area contributed by atoms with E-state index >= 15 is 0 Å². The van der Waals surface area contributed by atoms with Crippen LogP contribution in [0.5, 0.6) is 0 Å². The topological polar surface area (TPSA) is 62.2 Å². The molecule has 1 saturated carbocycles. The second-order valence-corrected chi connectivity index (χ2v) is 5.17. The number of carbonyl (C=O) groups is 1. The molecule has 1 aliphatic rings. The molecule has 17 heavy (non-hydrogen) atoms. The number of hydrogen-bond acceptors (Lipinski definition) is 4. The van der Waals surface area contributed by atoms with Crippen molar-refractivity contribution >= 4 is 17.7 Å². The minimum absolute atomic E-state index is 0.0414. The zero-order chi connectivity index (χ0) is 12.3. The van der Waals surface area contributed by atoms with Gasteiger partial charge in [0.1, 0.15) is 5.03 Å². The van der Waals surface area contributed by atoms with E-state index in [1.807, 2.05) is 6.07 Å². The Balaban J connectivity index is 1.90. The number of pyridine rings is 1. The van der Waals surface area contributed by atoms with Crippen LogP contribution in [0, 0.1) is 0 Å². The maximum Gasteiger partial charge on any atom is 0.230 e. The SMILES string of the molecule is C[C@@H](O)c1cccnc1SCC(=O)NC1CC1. The van der Waals surface area contributed by atoms with Crippen LogP contribution in [0.1, 0.15) is 31.4 Å². The first kappa shape index (κ1) is 12.4. The van der Waals surface area contributed by atoms with E-state index < -0.39 is 6.10 Å². The first-order valence-electron chi connectivity index (χ1n) is 5.72. The van der Waals surface area contributed by atoms with Gasteiger partial charge >= 0.3 is 0 Å². The lowest BCUT2D eigenvalue weighted by molar-refractivity contribution is -0.118. The molecule has 0 aliphatic heterocycles. The van der Waals surface area contributed by atoms with Crippen LogP contribution in [0.3, 0.4) is 0 Å². The van der Waals surface area contributed by atoms with Crippen LogP contribution in [-0.4, -0.2) is 27.8 Å². The number of amides is 1. The number of carbonyl (C=O) groups excluding carboxylic acids is 1. The zero-order valence-electron chi connectivity index (χ0n) is 9.72. The van der Waals surface area contributed by atoms with Crippen LogP contribution >= 0.6 is 11.8 Å². The molecule has 1 amide bonds. The summed E-state index contributed by atoms with van der Waals surface area (Å²) < 4.78 is 0. The molecule has 1 aliphatic carbocycles. The number of aliphatic hydroxyl groups excluding tert-OH is 1. The number of aromatic nitrogens is 1. The summed E-state index contributed by atoms with van der Waals surface area (Å²) in [7, 11) is 0. The summed E-state index contributed by atoms with van der Waals surface area (Å²) in [6.45, 7) is 1.70. The summed E-state index contributed by atoms with van der Waals surface area (Å²) in [5, 5.41) is 13.2. The van der Waals surface area contributed by atoms with E-state index in [1.165, 1.54) is 11.8 Å². The van der Waals surface area contributed by atoms with E-state index in [0.717, 1.165) is 23.4 Å². The third-order valence-corrected chi connectivity index (χ3v) is 3.55. The van der Waals surface area contributed by atoms with E-state index in [0.29, 0.717) is 11.8 Å². The predicted molar refractivity (Wildman–Crippen MR) is 66.8 cm³/mol. The van der Waals surface area contributed by atoms with E-state index in [-0.39, 0.29) is 5.91 Å². The Labute approximate surface area is 105 Å². The minimum Gasteiger partial charge on any atom is -0.389 e. The second kappa shape index (κ2) is 5.51. The van der Waals surface area contributed by atoms with Crippen molar-refractivity contribution in [1.29, 1.82) is 0 Å². The minimum atomic E-state index is -0.558. The number of aliphatic hydroxyl groups is 1. The van der Waals surface area contributed by atoms with Crippen molar-refractivity contribution in [3.05, 3.63) is 23.9 Å². The summed E-state index contributed by atoms with van der Waals surface area (Å²) >= 11 is 1.37. The second-order valence-electron chi connectivity index (χ2n) is 4.20. The summed E-state index contributed by atoms with van der Waals surface area (Å²) in [5.41, 5.74) is 0.775. The maximum absolute atomic E-state index is 11.5. The first-order valence-corrected chi connectivity index (χ1v) is 6.70. The van der Waals surface area contributed by atoms with Gasteiger partial charge in [-0.3, -0.25) is 4.79 Å². The Morgan fingerprint density at radius 1 is 1.71 bits per heavy atom. The molecule has 2 N–H and O–H groups in total. The van der Waals surface area contributed by atoms with Crippen molar-refractivity contribution in [1.82, 2.24) is 10.3 Å². The Morgan fingerprint density at radius 3 is 3.12 bits per heavy atom. The highest BCUT2D eigenvalue weighted by molar-refractivity contribution is 7.99. The zero-order valence-corrected chi connectivity index (χ0v) is 10.5. The summed E-state index contributed by atoms with van der Waals surface area (Å²) in [6.07, 6.45) is 3.31. The number of nitrogens with one attached hydrogen (secondary N) is 1. The van der Waals surface area contributed by atoms with Gasteiger partial charge in [-0.15, -0.1) is 0 Å². The van der Waals surface area contributed by atoms with Gasteiger partial charge in [-0.2, -0.15) is 0 Å². The quantitative estimate of drug-likeness (QED) is 0.780. The van der Waals surface area contributed by atoms with Gasteiger partial charge in [-0.1, -0.05) is 17.8 Å². The van der Waals surface area contributed by atoms with Crippen LogP contribution in [0.4, 0.5) is 0 Å². The van der Waals surface area contributed by atoms with Gasteiger partial charge in [0, 0.05) is 17.8 Å². The van der Waals surface area contributed by atoms with Crippen LogP contribution in [0.15, 0.2) is 23.4 Å². The molecule has 0 aromatic carbocycles. The van der Waals surface area contributed by atoms with E-state index in [2.05, 4.69) is 10.3 Å². The lowest BCUT2D eigenvalue weighted by Crippen LogP contribution is -2.27. The van der Waals surface area contributed by atoms with Crippen molar-refractivity contribution in [2.45, 2.75) is 36.9 Å². The lowest BCUT2D eigenvalue weighted by atomic mass is 10.2. The Morgan fingerprint density at radius 2 is 2.47 bits per heavy atom. The molecule has 0 unspecified atom stereocenters. The molecule has 0 radical (unpaired) electrons. The average molecular weight is 252 g/mol. The molecule has 92 valence electrons. The monoisotopic (exact) mass is 252 g/mol. The summed E-state index contributed by atoms with van der Waals surface area (Å²) in [4.78, 5) is 15.7. The molecule has 1 heterocycles. The molecule has 4 nitrogen and oxygen atoms in total. The Kier molecular flexibility index (Phi) is 4.02. The smallest absolute Gasteiger partial charge is 0.230 e. The van der Waals surface area contributed by atoms with Crippen LogP contribution in [0.2, 0.25) is 0 Å². The number of rotatable bonds is 5. The van der Waals surface area contributed by atoms with Crippen molar-refractivity contribution in [3.8, 4) is 0 Å². The fourth-order valence-electron chi connectivity index (χ4n) is 1.47. The first-order chi connectivity index (χ1) is 8.16. The summed E-state index contributed by atoms with van der Waals surface area (Å²) in [6, 6.07) is 4.01. The average Bonchev–Trinajstić information content (AvgIpc) is 3.10. The van der Waals surface area contributed by atoms with Crippen molar-refractivity contribution in [3.63, 3.8) is 0 Å². The third-order valence-electron chi connectivity index (χ3n) is 2.53. The van der Waals surface area contributed by atoms with Gasteiger partial charge in [0.05, 0.1) is 11.9 Å². The molecule has 1 aromatic rings. The van der Waals surface area contributed by atoms with E-state index in [9.17, 15) is 9.90 Å². The van der Waals surface area contributed by atoms with Gasteiger partial charge in [0.15, 0.2) is 0 Å². The van der Waals surface area contributed by atoms with E-state index in [4.69, 9.17) is 0 Å². The van der Waals surface area contributed by atoms with Crippen molar-refractivity contribution in [2.75, 3.05) is 5.75 Å². The van der Waals surface area contributed by atoms with Crippen LogP contribution in [0.25, 0.3) is 0 Å². The largest absolute Gasteiger partial charge is 0.389 e. The van der Waals surface area contributed by atoms with Crippen molar-refractivity contribution in [2.24, 2.45) is 0 Å². The van der Waals surface area contributed by atoms with Crippen molar-refractivity contribution < 1.29 is 9.90 Å². The summed E-state index contributed by atoms with van der Waals surface area (Å²) in [5.74, 6) is 0.396. The van der Waals surface area contributed by atoms with E-state index in [1.54, 1.807) is 19.2 Å². The Hall–Kier alpha value is -1.07. The predicted octanol–water partition coefficient (Wildman–Crippen LogP) is 1.51. The molecular formula is C12H16N2O2S. The molecular weight excluding hydrogens is 236 g/mol. The highest BCUT2D eigenvalue weighted by atomic mass is 32.2. The van der Waals surface area contributed by atoms with Gasteiger partial charge in [0.25, 0.3) is 0 Å². The number of nitrogens with zero attached hydrogens (tertiary/aromatic N) is 1. The molecule has 2 rings (SSSR count).